The Bertz CT molecular complexity index is 638. The van der Waals surface area contributed by atoms with E-state index in [0.29, 0.717) is 12.3 Å². The Balaban J connectivity index is 2.02. The molecule has 0 saturated carbocycles. The highest BCUT2D eigenvalue weighted by molar-refractivity contribution is 6.30. The maximum Gasteiger partial charge on any atom is 0.412 e. The van der Waals surface area contributed by atoms with Crippen LogP contribution in [0.4, 0.5) is 4.79 Å². The fourth-order valence-electron chi connectivity index (χ4n) is 2.46. The average molecular weight is 345 g/mol. The van der Waals surface area contributed by atoms with Crippen molar-refractivity contribution in [2.45, 2.75) is 33.1 Å². The van der Waals surface area contributed by atoms with E-state index in [9.17, 15) is 4.79 Å². The van der Waals surface area contributed by atoms with E-state index in [1.165, 1.54) is 5.92 Å². The first kappa shape index (κ1) is 18.3. The fraction of sp³-hybridized carbons (Fsp3) is 0.300. The van der Waals surface area contributed by atoms with Gasteiger partial charge in [0.15, 0.2) is 0 Å². The molecule has 1 radical (unpaired) electrons. The Morgan fingerprint density at radius 3 is 2.12 bits per heavy atom. The normalized spacial score (nSPS) is 10.7. The lowest BCUT2D eigenvalue weighted by atomic mass is 9.89. The Kier molecular flexibility index (Phi) is 7.13. The average Bonchev–Trinajstić information content (AvgIpc) is 2.59. The van der Waals surface area contributed by atoms with E-state index in [1.54, 1.807) is 0 Å². The molecule has 0 aliphatic heterocycles. The van der Waals surface area contributed by atoms with Gasteiger partial charge in [-0.3, -0.25) is 0 Å². The summed E-state index contributed by atoms with van der Waals surface area (Å²) in [6.45, 7) is 4.83. The Morgan fingerprint density at radius 1 is 1.00 bits per heavy atom. The quantitative estimate of drug-likeness (QED) is 0.663. The van der Waals surface area contributed by atoms with Crippen LogP contribution in [0.5, 0.6) is 5.75 Å². The number of carbonyl (C=O) groups excluding carboxylic acids is 1. The van der Waals surface area contributed by atoms with Crippen molar-refractivity contribution >= 4 is 17.7 Å². The molecule has 0 heterocycles. The third kappa shape index (κ3) is 5.27. The zero-order valence-electron chi connectivity index (χ0n) is 14.1. The summed E-state index contributed by atoms with van der Waals surface area (Å²) in [5.74, 6) is 1.77. The maximum atomic E-state index is 11.7. The molecule has 0 atom stereocenters. The van der Waals surface area contributed by atoms with E-state index in [4.69, 9.17) is 16.3 Å². The van der Waals surface area contributed by atoms with Crippen LogP contribution in [-0.4, -0.2) is 12.6 Å². The molecule has 1 N–H and O–H groups in total. The Hall–Kier alpha value is -2.00. The van der Waals surface area contributed by atoms with Gasteiger partial charge in [-0.05, 0) is 48.2 Å². The van der Waals surface area contributed by atoms with E-state index in [1.807, 2.05) is 48.5 Å². The molecular formula is C20H23ClNO2. The summed E-state index contributed by atoms with van der Waals surface area (Å²) in [7, 11) is 0. The number of carbonyl (C=O) groups is 1. The van der Waals surface area contributed by atoms with Crippen molar-refractivity contribution < 1.29 is 9.53 Å². The minimum Gasteiger partial charge on any atom is -0.410 e. The van der Waals surface area contributed by atoms with E-state index >= 15 is 0 Å². The predicted molar refractivity (Wildman–Crippen MR) is 98.6 cm³/mol. The minimum atomic E-state index is -0.409. The molecule has 2 aromatic carbocycles. The lowest BCUT2D eigenvalue weighted by Gasteiger charge is -2.16. The van der Waals surface area contributed by atoms with Crippen LogP contribution in [0.2, 0.25) is 5.02 Å². The van der Waals surface area contributed by atoms with Gasteiger partial charge >= 0.3 is 6.09 Å². The van der Waals surface area contributed by atoms with Crippen LogP contribution in [-0.2, 0) is 0 Å². The van der Waals surface area contributed by atoms with Crippen LogP contribution in [0.3, 0.4) is 0 Å². The van der Waals surface area contributed by atoms with Crippen LogP contribution in [0.25, 0.3) is 0 Å². The van der Waals surface area contributed by atoms with Gasteiger partial charge in [-0.15, -0.1) is 0 Å². The summed E-state index contributed by atoms with van der Waals surface area (Å²) in [5, 5.41) is 3.46. The topological polar surface area (TPSA) is 38.3 Å². The third-order valence-corrected chi connectivity index (χ3v) is 4.01. The van der Waals surface area contributed by atoms with E-state index in [-0.39, 0.29) is 0 Å². The largest absolute Gasteiger partial charge is 0.412 e. The van der Waals surface area contributed by atoms with Gasteiger partial charge < -0.3 is 10.1 Å². The Labute approximate surface area is 149 Å². The van der Waals surface area contributed by atoms with Gasteiger partial charge in [-0.25, -0.2) is 4.79 Å². The van der Waals surface area contributed by atoms with Gasteiger partial charge in [0.1, 0.15) is 5.75 Å². The zero-order valence-corrected chi connectivity index (χ0v) is 14.9. The number of ether oxygens (including phenoxy) is 1. The number of rotatable bonds is 7. The summed E-state index contributed by atoms with van der Waals surface area (Å²) in [6, 6.07) is 15.4. The number of nitrogens with one attached hydrogen (secondary N) is 1. The van der Waals surface area contributed by atoms with E-state index < -0.39 is 6.09 Å². The van der Waals surface area contributed by atoms with E-state index in [2.05, 4.69) is 19.2 Å². The molecule has 0 aliphatic rings. The highest BCUT2D eigenvalue weighted by atomic mass is 35.5. The number of benzene rings is 2. The molecule has 1 amide bonds. The first-order chi connectivity index (χ1) is 11.6. The molecule has 3 nitrogen and oxygen atoms in total. The molecule has 0 unspecified atom stereocenters. The fourth-order valence-corrected chi connectivity index (χ4v) is 2.59. The standard InChI is InChI=1S/C20H23ClNO2/c1-3-5-14-22-20(23)24-18-12-8-16(9-13-18)19(4-2)15-6-10-17(21)11-7-15/h6-13H,3-5,14H2,1-2H3,(H,22,23). The van der Waals surface area contributed by atoms with Gasteiger partial charge in [0, 0.05) is 17.5 Å². The maximum absolute atomic E-state index is 11.7. The second-order valence-electron chi connectivity index (χ2n) is 5.53. The molecule has 4 heteroatoms. The van der Waals surface area contributed by atoms with Gasteiger partial charge in [0.05, 0.1) is 0 Å². The van der Waals surface area contributed by atoms with Crippen LogP contribution in [0, 0.1) is 5.92 Å². The van der Waals surface area contributed by atoms with Crippen molar-refractivity contribution in [1.29, 1.82) is 0 Å². The van der Waals surface area contributed by atoms with Crippen molar-refractivity contribution in [2.24, 2.45) is 0 Å². The number of hydrogen-bond acceptors (Lipinski definition) is 2. The summed E-state index contributed by atoms with van der Waals surface area (Å²) in [5.41, 5.74) is 2.26. The SMILES string of the molecule is CCCCNC(=O)Oc1ccc([C](CC)c2ccc(Cl)cc2)cc1. The summed E-state index contributed by atoms with van der Waals surface area (Å²) >= 11 is 5.96. The van der Waals surface area contributed by atoms with Crippen LogP contribution in [0.1, 0.15) is 44.2 Å². The summed E-state index contributed by atoms with van der Waals surface area (Å²) < 4.78 is 5.27. The second-order valence-corrected chi connectivity index (χ2v) is 5.97. The van der Waals surface area contributed by atoms with Crippen molar-refractivity contribution in [1.82, 2.24) is 5.32 Å². The number of halogens is 1. The highest BCUT2D eigenvalue weighted by Gasteiger charge is 2.13. The lowest BCUT2D eigenvalue weighted by Crippen LogP contribution is -2.27. The molecule has 0 aliphatic carbocycles. The molecular weight excluding hydrogens is 322 g/mol. The van der Waals surface area contributed by atoms with Gasteiger partial charge in [0.25, 0.3) is 0 Å². The van der Waals surface area contributed by atoms with Crippen LogP contribution in [0.15, 0.2) is 48.5 Å². The third-order valence-electron chi connectivity index (χ3n) is 3.76. The predicted octanol–water partition coefficient (Wildman–Crippen LogP) is 5.61. The van der Waals surface area contributed by atoms with Gasteiger partial charge in [0.2, 0.25) is 0 Å². The highest BCUT2D eigenvalue weighted by Crippen LogP contribution is 2.29. The molecule has 127 valence electrons. The van der Waals surface area contributed by atoms with Gasteiger partial charge in [-0.1, -0.05) is 56.1 Å². The molecule has 0 bridgehead atoms. The number of unbranched alkanes of at least 4 members (excludes halogenated alkanes) is 1. The molecule has 0 saturated heterocycles. The molecule has 24 heavy (non-hydrogen) atoms. The molecule has 2 rings (SSSR count). The second kappa shape index (κ2) is 9.33. The van der Waals surface area contributed by atoms with E-state index in [0.717, 1.165) is 35.4 Å². The minimum absolute atomic E-state index is 0.409. The molecule has 0 aromatic heterocycles. The molecule has 0 spiro atoms. The van der Waals surface area contributed by atoms with Crippen molar-refractivity contribution in [3.63, 3.8) is 0 Å². The Morgan fingerprint density at radius 2 is 1.58 bits per heavy atom. The van der Waals surface area contributed by atoms with Gasteiger partial charge in [-0.2, -0.15) is 0 Å². The van der Waals surface area contributed by atoms with Crippen LogP contribution < -0.4 is 10.1 Å². The first-order valence-corrected chi connectivity index (χ1v) is 8.69. The summed E-state index contributed by atoms with van der Waals surface area (Å²) in [4.78, 5) is 11.7. The molecule has 0 fully saturated rings. The number of amides is 1. The molecule has 2 aromatic rings. The summed E-state index contributed by atoms with van der Waals surface area (Å²) in [6.07, 6.45) is 2.48. The van der Waals surface area contributed by atoms with Crippen molar-refractivity contribution in [3.05, 3.63) is 70.6 Å². The number of hydrogen-bond donors (Lipinski definition) is 1. The van der Waals surface area contributed by atoms with Crippen LogP contribution >= 0.6 is 11.6 Å². The van der Waals surface area contributed by atoms with Crippen molar-refractivity contribution in [3.8, 4) is 5.75 Å². The smallest absolute Gasteiger partial charge is 0.410 e. The zero-order chi connectivity index (χ0) is 17.4. The first-order valence-electron chi connectivity index (χ1n) is 8.32. The monoisotopic (exact) mass is 344 g/mol. The van der Waals surface area contributed by atoms with Crippen molar-refractivity contribution in [2.75, 3.05) is 6.54 Å². The lowest BCUT2D eigenvalue weighted by molar-refractivity contribution is 0.200.